The van der Waals surface area contributed by atoms with Crippen LogP contribution in [-0.2, 0) is 15.6 Å². The molecule has 0 unspecified atom stereocenters. The minimum Gasteiger partial charge on any atom is -0.365 e. The van der Waals surface area contributed by atoms with E-state index < -0.39 is 15.7 Å². The number of rotatable bonds is 1. The lowest BCUT2D eigenvalue weighted by Gasteiger charge is -2.15. The number of thiophene rings is 1. The number of hydrogen-bond donors (Lipinski definition) is 1. The lowest BCUT2D eigenvalue weighted by molar-refractivity contribution is 0.100. The summed E-state index contributed by atoms with van der Waals surface area (Å²) in [5, 5.41) is 0. The highest BCUT2D eigenvalue weighted by Gasteiger charge is 2.30. The van der Waals surface area contributed by atoms with Crippen LogP contribution in [0.3, 0.4) is 0 Å². The van der Waals surface area contributed by atoms with Crippen molar-refractivity contribution in [2.45, 2.75) is 10.6 Å². The summed E-state index contributed by atoms with van der Waals surface area (Å²) in [7, 11) is -3.31. The molecule has 0 saturated heterocycles. The quantitative estimate of drug-likeness (QED) is 0.864. The molecule has 1 aromatic heterocycles. The topological polar surface area (TPSA) is 77.2 Å². The Morgan fingerprint density at radius 1 is 1.28 bits per heavy atom. The van der Waals surface area contributed by atoms with Crippen molar-refractivity contribution in [3.63, 3.8) is 0 Å². The van der Waals surface area contributed by atoms with Crippen LogP contribution < -0.4 is 5.73 Å². The summed E-state index contributed by atoms with van der Waals surface area (Å²) < 4.78 is 24.2. The lowest BCUT2D eigenvalue weighted by Crippen LogP contribution is -2.11. The molecule has 3 rings (SSSR count). The summed E-state index contributed by atoms with van der Waals surface area (Å²) in [5.41, 5.74) is 6.56. The SMILES string of the molecule is NC(=O)c1cc2c(s1)-c1ccccc1S(=O)(=O)C2. The summed E-state index contributed by atoms with van der Waals surface area (Å²) in [5.74, 6) is -0.590. The fraction of sp³-hybridized carbons (Fsp3) is 0.0833. The second kappa shape index (κ2) is 3.66. The molecule has 6 heteroatoms. The van der Waals surface area contributed by atoms with E-state index >= 15 is 0 Å². The van der Waals surface area contributed by atoms with Crippen molar-refractivity contribution < 1.29 is 13.2 Å². The van der Waals surface area contributed by atoms with Crippen LogP contribution in [0.4, 0.5) is 0 Å². The molecule has 2 heterocycles. The Bertz CT molecular complexity index is 759. The number of fused-ring (bicyclic) bond motifs is 3. The van der Waals surface area contributed by atoms with Crippen LogP contribution in [0.5, 0.6) is 0 Å². The Balaban J connectivity index is 2.33. The van der Waals surface area contributed by atoms with Crippen LogP contribution in [-0.4, -0.2) is 14.3 Å². The molecule has 0 radical (unpaired) electrons. The molecule has 0 atom stereocenters. The van der Waals surface area contributed by atoms with E-state index in [4.69, 9.17) is 5.73 Å². The van der Waals surface area contributed by atoms with Gasteiger partial charge in [0.2, 0.25) is 0 Å². The van der Waals surface area contributed by atoms with Crippen LogP contribution in [0.15, 0.2) is 35.2 Å². The van der Waals surface area contributed by atoms with Gasteiger partial charge in [-0.3, -0.25) is 4.79 Å². The summed E-state index contributed by atoms with van der Waals surface area (Å²) >= 11 is 1.25. The summed E-state index contributed by atoms with van der Waals surface area (Å²) in [4.78, 5) is 12.7. The van der Waals surface area contributed by atoms with Gasteiger partial charge in [-0.25, -0.2) is 8.42 Å². The van der Waals surface area contributed by atoms with Gasteiger partial charge in [-0.05, 0) is 17.7 Å². The standard InChI is InChI=1S/C12H9NO3S2/c13-12(14)9-5-7-6-18(15,16)10-4-2-1-3-8(10)11(7)17-9/h1-5H,6H2,(H2,13,14). The first kappa shape index (κ1) is 11.4. The molecule has 0 bridgehead atoms. The van der Waals surface area contributed by atoms with Gasteiger partial charge in [0.25, 0.3) is 5.91 Å². The van der Waals surface area contributed by atoms with E-state index in [9.17, 15) is 13.2 Å². The van der Waals surface area contributed by atoms with Crippen molar-refractivity contribution >= 4 is 27.1 Å². The smallest absolute Gasteiger partial charge is 0.258 e. The average Bonchev–Trinajstić information content (AvgIpc) is 2.72. The first-order valence-corrected chi connectivity index (χ1v) is 7.70. The number of amides is 1. The van der Waals surface area contributed by atoms with Crippen molar-refractivity contribution in [1.82, 2.24) is 0 Å². The molecule has 1 amide bonds. The Hall–Kier alpha value is -1.66. The van der Waals surface area contributed by atoms with E-state index in [0.29, 0.717) is 20.9 Å². The van der Waals surface area contributed by atoms with Crippen LogP contribution in [0.25, 0.3) is 10.4 Å². The fourth-order valence-electron chi connectivity index (χ4n) is 2.09. The van der Waals surface area contributed by atoms with Crippen LogP contribution in [0.2, 0.25) is 0 Å². The molecule has 92 valence electrons. The maximum atomic E-state index is 12.1. The predicted octanol–water partition coefficient (Wildman–Crippen LogP) is 1.80. The predicted molar refractivity (Wildman–Crippen MR) is 69.2 cm³/mol. The summed E-state index contributed by atoms with van der Waals surface area (Å²) in [6.07, 6.45) is 0. The molecule has 1 aliphatic heterocycles. The number of nitrogens with two attached hydrogens (primary N) is 1. The second-order valence-corrected chi connectivity index (χ2v) is 7.09. The highest BCUT2D eigenvalue weighted by Crippen LogP contribution is 2.42. The van der Waals surface area contributed by atoms with E-state index in [2.05, 4.69) is 0 Å². The maximum Gasteiger partial charge on any atom is 0.258 e. The highest BCUT2D eigenvalue weighted by molar-refractivity contribution is 7.91. The molecule has 0 saturated carbocycles. The normalized spacial score (nSPS) is 15.8. The Kier molecular flexibility index (Phi) is 2.33. The van der Waals surface area contributed by atoms with Crippen molar-refractivity contribution in [3.8, 4) is 10.4 Å². The lowest BCUT2D eigenvalue weighted by atomic mass is 10.1. The zero-order chi connectivity index (χ0) is 12.9. The number of carbonyl (C=O) groups is 1. The highest BCUT2D eigenvalue weighted by atomic mass is 32.2. The number of primary amides is 1. The Labute approximate surface area is 108 Å². The van der Waals surface area contributed by atoms with Crippen molar-refractivity contribution in [2.24, 2.45) is 5.73 Å². The largest absolute Gasteiger partial charge is 0.365 e. The zero-order valence-corrected chi connectivity index (χ0v) is 10.8. The van der Waals surface area contributed by atoms with Crippen molar-refractivity contribution in [1.29, 1.82) is 0 Å². The third-order valence-electron chi connectivity index (χ3n) is 2.86. The molecule has 2 aromatic rings. The average molecular weight is 279 g/mol. The Morgan fingerprint density at radius 3 is 2.72 bits per heavy atom. The van der Waals surface area contributed by atoms with Gasteiger partial charge in [-0.2, -0.15) is 0 Å². The Morgan fingerprint density at radius 2 is 2.00 bits per heavy atom. The molecule has 1 aromatic carbocycles. The van der Waals surface area contributed by atoms with Gasteiger partial charge >= 0.3 is 0 Å². The van der Waals surface area contributed by atoms with Crippen molar-refractivity contribution in [3.05, 3.63) is 40.8 Å². The third kappa shape index (κ3) is 1.57. The zero-order valence-electron chi connectivity index (χ0n) is 9.21. The van der Waals surface area contributed by atoms with Gasteiger partial charge in [0.05, 0.1) is 15.5 Å². The molecule has 18 heavy (non-hydrogen) atoms. The fourth-order valence-corrected chi connectivity index (χ4v) is 4.90. The van der Waals surface area contributed by atoms with Crippen molar-refractivity contribution in [2.75, 3.05) is 0 Å². The molecular weight excluding hydrogens is 270 g/mol. The van der Waals surface area contributed by atoms with Gasteiger partial charge in [0.15, 0.2) is 9.84 Å². The number of carbonyl (C=O) groups excluding carboxylic acids is 1. The number of benzene rings is 1. The molecule has 0 spiro atoms. The van der Waals surface area contributed by atoms with Gasteiger partial charge in [0, 0.05) is 10.4 Å². The number of sulfone groups is 1. The van der Waals surface area contributed by atoms with Crippen LogP contribution in [0, 0.1) is 0 Å². The van der Waals surface area contributed by atoms with Gasteiger partial charge in [-0.15, -0.1) is 11.3 Å². The van der Waals surface area contributed by atoms with E-state index in [1.54, 1.807) is 30.3 Å². The van der Waals surface area contributed by atoms with E-state index in [1.807, 2.05) is 0 Å². The molecular formula is C12H9NO3S2. The molecule has 0 aliphatic carbocycles. The van der Waals surface area contributed by atoms with E-state index in [1.165, 1.54) is 11.3 Å². The molecule has 1 aliphatic rings. The van der Waals surface area contributed by atoms with Gasteiger partial charge in [0.1, 0.15) is 0 Å². The summed E-state index contributed by atoms with van der Waals surface area (Å²) in [6, 6.07) is 8.41. The third-order valence-corrected chi connectivity index (χ3v) is 5.81. The number of hydrogen-bond acceptors (Lipinski definition) is 4. The molecule has 2 N–H and O–H groups in total. The minimum absolute atomic E-state index is 0.0663. The van der Waals surface area contributed by atoms with Crippen LogP contribution in [0.1, 0.15) is 15.2 Å². The van der Waals surface area contributed by atoms with Gasteiger partial charge < -0.3 is 5.73 Å². The van der Waals surface area contributed by atoms with E-state index in [-0.39, 0.29) is 5.75 Å². The monoisotopic (exact) mass is 279 g/mol. The maximum absolute atomic E-state index is 12.1. The first-order valence-electron chi connectivity index (χ1n) is 5.24. The first-order chi connectivity index (χ1) is 8.49. The molecule has 4 nitrogen and oxygen atoms in total. The van der Waals surface area contributed by atoms with E-state index in [0.717, 1.165) is 4.88 Å². The summed E-state index contributed by atoms with van der Waals surface area (Å²) in [6.45, 7) is 0. The minimum atomic E-state index is -3.31. The van der Waals surface area contributed by atoms with Gasteiger partial charge in [-0.1, -0.05) is 18.2 Å². The van der Waals surface area contributed by atoms with Crippen LogP contribution >= 0.6 is 11.3 Å². The molecule has 0 fully saturated rings. The second-order valence-electron chi connectivity index (χ2n) is 4.08.